The van der Waals surface area contributed by atoms with E-state index in [2.05, 4.69) is 37.9 Å². The highest BCUT2D eigenvalue weighted by Crippen LogP contribution is 2.21. The molecule has 94 valence electrons. The summed E-state index contributed by atoms with van der Waals surface area (Å²) in [6.07, 6.45) is 5.56. The third-order valence-electron chi connectivity index (χ3n) is 3.48. The molecule has 16 heavy (non-hydrogen) atoms. The Hall–Kier alpha value is -0.570. The zero-order chi connectivity index (χ0) is 12.1. The van der Waals surface area contributed by atoms with Crippen molar-refractivity contribution in [3.63, 3.8) is 0 Å². The summed E-state index contributed by atoms with van der Waals surface area (Å²) in [5.74, 6) is 0.314. The van der Waals surface area contributed by atoms with Crippen LogP contribution in [-0.2, 0) is 4.79 Å². The van der Waals surface area contributed by atoms with Crippen molar-refractivity contribution in [3.8, 4) is 0 Å². The van der Waals surface area contributed by atoms with Crippen LogP contribution < -0.4 is 5.32 Å². The van der Waals surface area contributed by atoms with Crippen LogP contribution in [0.2, 0.25) is 0 Å². The van der Waals surface area contributed by atoms with Crippen LogP contribution in [0.1, 0.15) is 59.8 Å². The first kappa shape index (κ1) is 13.5. The molecular weight excluding hydrogens is 200 g/mol. The SMILES string of the molecule is CCCC1NC(C)N(C(CC)CCC)C1=O. The molecular formula is C13H26N2O. The average molecular weight is 226 g/mol. The smallest absolute Gasteiger partial charge is 0.241 e. The van der Waals surface area contributed by atoms with Crippen molar-refractivity contribution in [2.75, 3.05) is 0 Å². The molecule has 1 saturated heterocycles. The number of hydrogen-bond acceptors (Lipinski definition) is 2. The Kier molecular flexibility index (Phi) is 5.26. The predicted molar refractivity (Wildman–Crippen MR) is 67.1 cm³/mol. The van der Waals surface area contributed by atoms with E-state index in [0.29, 0.717) is 11.9 Å². The van der Waals surface area contributed by atoms with Crippen molar-refractivity contribution in [1.29, 1.82) is 0 Å². The molecule has 0 spiro atoms. The third-order valence-corrected chi connectivity index (χ3v) is 3.48. The molecule has 1 aliphatic rings. The quantitative estimate of drug-likeness (QED) is 0.754. The van der Waals surface area contributed by atoms with Gasteiger partial charge in [-0.15, -0.1) is 0 Å². The second kappa shape index (κ2) is 6.24. The number of carbonyl (C=O) groups excluding carboxylic acids is 1. The van der Waals surface area contributed by atoms with Crippen LogP contribution in [0.4, 0.5) is 0 Å². The lowest BCUT2D eigenvalue weighted by Crippen LogP contribution is -2.42. The Morgan fingerprint density at radius 1 is 1.31 bits per heavy atom. The average Bonchev–Trinajstić information content (AvgIpc) is 2.53. The molecule has 1 amide bonds. The van der Waals surface area contributed by atoms with Gasteiger partial charge in [0.25, 0.3) is 0 Å². The molecule has 3 heteroatoms. The van der Waals surface area contributed by atoms with Crippen molar-refractivity contribution in [1.82, 2.24) is 10.2 Å². The lowest BCUT2D eigenvalue weighted by Gasteiger charge is -2.30. The molecule has 0 aromatic heterocycles. The molecule has 0 aliphatic carbocycles. The second-order valence-electron chi connectivity index (χ2n) is 4.78. The fraction of sp³-hybridized carbons (Fsp3) is 0.923. The van der Waals surface area contributed by atoms with Crippen molar-refractivity contribution in [3.05, 3.63) is 0 Å². The molecule has 3 unspecified atom stereocenters. The Morgan fingerprint density at radius 3 is 2.50 bits per heavy atom. The number of amides is 1. The minimum atomic E-state index is 0.0610. The van der Waals surface area contributed by atoms with E-state index in [1.807, 2.05) is 0 Å². The molecule has 3 nitrogen and oxygen atoms in total. The van der Waals surface area contributed by atoms with E-state index in [-0.39, 0.29) is 12.2 Å². The first-order valence-corrected chi connectivity index (χ1v) is 6.73. The van der Waals surface area contributed by atoms with Gasteiger partial charge >= 0.3 is 0 Å². The van der Waals surface area contributed by atoms with Gasteiger partial charge in [-0.3, -0.25) is 10.1 Å². The van der Waals surface area contributed by atoms with Gasteiger partial charge < -0.3 is 4.90 Å². The highest BCUT2D eigenvalue weighted by molar-refractivity contribution is 5.84. The lowest BCUT2D eigenvalue weighted by molar-refractivity contribution is -0.132. The molecule has 1 heterocycles. The van der Waals surface area contributed by atoms with Crippen LogP contribution in [0.5, 0.6) is 0 Å². The largest absolute Gasteiger partial charge is 0.323 e. The summed E-state index contributed by atoms with van der Waals surface area (Å²) in [6.45, 7) is 8.59. The molecule has 0 radical (unpaired) electrons. The minimum absolute atomic E-state index is 0.0610. The third kappa shape index (κ3) is 2.76. The lowest BCUT2D eigenvalue weighted by atomic mass is 10.1. The van der Waals surface area contributed by atoms with E-state index < -0.39 is 0 Å². The van der Waals surface area contributed by atoms with Crippen LogP contribution in [0.25, 0.3) is 0 Å². The van der Waals surface area contributed by atoms with Crippen LogP contribution in [-0.4, -0.2) is 29.1 Å². The van der Waals surface area contributed by atoms with Gasteiger partial charge in [-0.2, -0.15) is 0 Å². The zero-order valence-corrected chi connectivity index (χ0v) is 11.1. The van der Waals surface area contributed by atoms with Gasteiger partial charge in [-0.1, -0.05) is 33.6 Å². The summed E-state index contributed by atoms with van der Waals surface area (Å²) in [6, 6.07) is 0.479. The topological polar surface area (TPSA) is 32.3 Å². The summed E-state index contributed by atoms with van der Waals surface area (Å²) >= 11 is 0. The van der Waals surface area contributed by atoms with Gasteiger partial charge in [-0.25, -0.2) is 0 Å². The Morgan fingerprint density at radius 2 is 2.00 bits per heavy atom. The standard InChI is InChI=1S/C13H26N2O/c1-5-8-11(7-3)15-10(4)14-12(9-6-2)13(15)16/h10-12,14H,5-9H2,1-4H3. The second-order valence-corrected chi connectivity index (χ2v) is 4.78. The van der Waals surface area contributed by atoms with Gasteiger partial charge in [-0.05, 0) is 26.2 Å². The highest BCUT2D eigenvalue weighted by atomic mass is 16.2. The molecule has 0 saturated carbocycles. The molecule has 1 N–H and O–H groups in total. The number of rotatable bonds is 6. The Balaban J connectivity index is 2.68. The van der Waals surface area contributed by atoms with E-state index in [9.17, 15) is 4.79 Å². The molecule has 1 rings (SSSR count). The summed E-state index contributed by atoms with van der Waals surface area (Å²) in [4.78, 5) is 14.3. The summed E-state index contributed by atoms with van der Waals surface area (Å²) in [5, 5.41) is 3.40. The maximum absolute atomic E-state index is 12.2. The molecule has 0 bridgehead atoms. The number of nitrogens with one attached hydrogen (secondary N) is 1. The highest BCUT2D eigenvalue weighted by Gasteiger charge is 2.38. The fourth-order valence-corrected chi connectivity index (χ4v) is 2.68. The Labute approximate surface area is 99.6 Å². The first-order chi connectivity index (χ1) is 7.65. The van der Waals surface area contributed by atoms with Crippen molar-refractivity contribution in [2.45, 2.75) is 78.0 Å². The zero-order valence-electron chi connectivity index (χ0n) is 11.1. The number of hydrogen-bond donors (Lipinski definition) is 1. The first-order valence-electron chi connectivity index (χ1n) is 6.73. The predicted octanol–water partition coefficient (Wildman–Crippen LogP) is 2.51. The van der Waals surface area contributed by atoms with E-state index in [4.69, 9.17) is 0 Å². The minimum Gasteiger partial charge on any atom is -0.323 e. The van der Waals surface area contributed by atoms with Crippen LogP contribution >= 0.6 is 0 Å². The van der Waals surface area contributed by atoms with Gasteiger partial charge in [0, 0.05) is 6.04 Å². The van der Waals surface area contributed by atoms with E-state index in [1.54, 1.807) is 0 Å². The van der Waals surface area contributed by atoms with Gasteiger partial charge in [0.2, 0.25) is 5.91 Å². The fourth-order valence-electron chi connectivity index (χ4n) is 2.68. The number of carbonyl (C=O) groups is 1. The van der Waals surface area contributed by atoms with Gasteiger partial charge in [0.1, 0.15) is 0 Å². The van der Waals surface area contributed by atoms with Crippen LogP contribution in [0.3, 0.4) is 0 Å². The summed E-state index contributed by atoms with van der Waals surface area (Å²) < 4.78 is 0. The van der Waals surface area contributed by atoms with E-state index in [0.717, 1.165) is 32.1 Å². The molecule has 0 aromatic rings. The summed E-state index contributed by atoms with van der Waals surface area (Å²) in [5.41, 5.74) is 0. The van der Waals surface area contributed by atoms with E-state index in [1.165, 1.54) is 0 Å². The monoisotopic (exact) mass is 226 g/mol. The Bertz CT molecular complexity index is 230. The molecule has 3 atom stereocenters. The van der Waals surface area contributed by atoms with Gasteiger partial charge in [0.15, 0.2) is 0 Å². The number of nitrogens with zero attached hydrogens (tertiary/aromatic N) is 1. The van der Waals surface area contributed by atoms with Crippen molar-refractivity contribution >= 4 is 5.91 Å². The maximum atomic E-state index is 12.2. The summed E-state index contributed by atoms with van der Waals surface area (Å²) in [7, 11) is 0. The van der Waals surface area contributed by atoms with Gasteiger partial charge in [0.05, 0.1) is 12.2 Å². The van der Waals surface area contributed by atoms with Crippen LogP contribution in [0, 0.1) is 0 Å². The van der Waals surface area contributed by atoms with Crippen LogP contribution in [0.15, 0.2) is 0 Å². The molecule has 0 aromatic carbocycles. The van der Waals surface area contributed by atoms with Crippen molar-refractivity contribution in [2.24, 2.45) is 0 Å². The van der Waals surface area contributed by atoms with E-state index >= 15 is 0 Å². The maximum Gasteiger partial charge on any atom is 0.241 e. The molecule has 1 fully saturated rings. The normalized spacial score (nSPS) is 27.5. The molecule has 1 aliphatic heterocycles. The van der Waals surface area contributed by atoms with Crippen molar-refractivity contribution < 1.29 is 4.79 Å².